The van der Waals surface area contributed by atoms with Crippen LogP contribution in [0.25, 0.3) is 0 Å². The molecule has 24 heavy (non-hydrogen) atoms. The SMILES string of the molecule is CCCN1CCCN(C(=O)NC[C@@H](C)c2c(C)noc2C)CC1=O. The van der Waals surface area contributed by atoms with Crippen molar-refractivity contribution >= 4 is 11.9 Å². The number of nitrogens with one attached hydrogen (secondary N) is 1. The van der Waals surface area contributed by atoms with Crippen LogP contribution in [0.4, 0.5) is 4.79 Å². The maximum atomic E-state index is 12.4. The molecule has 0 radical (unpaired) electrons. The van der Waals surface area contributed by atoms with Crippen LogP contribution in [0.5, 0.6) is 0 Å². The van der Waals surface area contributed by atoms with Gasteiger partial charge in [-0.05, 0) is 26.7 Å². The molecule has 0 saturated carbocycles. The van der Waals surface area contributed by atoms with E-state index in [1.54, 1.807) is 4.90 Å². The summed E-state index contributed by atoms with van der Waals surface area (Å²) in [6, 6.07) is -0.180. The van der Waals surface area contributed by atoms with E-state index >= 15 is 0 Å². The molecule has 3 amide bonds. The van der Waals surface area contributed by atoms with Crippen molar-refractivity contribution in [3.05, 3.63) is 17.0 Å². The lowest BCUT2D eigenvalue weighted by atomic mass is 10.00. The molecule has 1 N–H and O–H groups in total. The molecule has 2 rings (SSSR count). The van der Waals surface area contributed by atoms with Crippen molar-refractivity contribution in [1.82, 2.24) is 20.3 Å². The molecule has 1 atom stereocenters. The Balaban J connectivity index is 1.89. The van der Waals surface area contributed by atoms with Gasteiger partial charge in [-0.2, -0.15) is 0 Å². The molecule has 7 nitrogen and oxygen atoms in total. The molecule has 1 saturated heterocycles. The first-order valence-electron chi connectivity index (χ1n) is 8.67. The molecule has 0 spiro atoms. The first-order valence-corrected chi connectivity index (χ1v) is 8.67. The Morgan fingerprint density at radius 3 is 2.75 bits per heavy atom. The van der Waals surface area contributed by atoms with Gasteiger partial charge in [0.15, 0.2) is 0 Å². The van der Waals surface area contributed by atoms with Gasteiger partial charge in [-0.3, -0.25) is 4.79 Å². The van der Waals surface area contributed by atoms with Crippen molar-refractivity contribution in [3.63, 3.8) is 0 Å². The predicted molar refractivity (Wildman–Crippen MR) is 90.9 cm³/mol. The van der Waals surface area contributed by atoms with E-state index in [1.165, 1.54) is 0 Å². The van der Waals surface area contributed by atoms with E-state index in [0.717, 1.165) is 42.9 Å². The molecule has 1 aliphatic rings. The fourth-order valence-corrected chi connectivity index (χ4v) is 3.25. The van der Waals surface area contributed by atoms with Crippen LogP contribution < -0.4 is 5.32 Å². The summed E-state index contributed by atoms with van der Waals surface area (Å²) in [5.41, 5.74) is 1.89. The molecular weight excluding hydrogens is 308 g/mol. The number of aryl methyl sites for hydroxylation is 2. The van der Waals surface area contributed by atoms with E-state index in [2.05, 4.69) is 17.4 Å². The van der Waals surface area contributed by atoms with Crippen molar-refractivity contribution in [2.75, 3.05) is 32.7 Å². The quantitative estimate of drug-likeness (QED) is 0.892. The van der Waals surface area contributed by atoms with E-state index < -0.39 is 0 Å². The summed E-state index contributed by atoms with van der Waals surface area (Å²) >= 11 is 0. The van der Waals surface area contributed by atoms with Crippen molar-refractivity contribution < 1.29 is 14.1 Å². The number of carbonyl (C=O) groups excluding carboxylic acids is 2. The lowest BCUT2D eigenvalue weighted by Crippen LogP contribution is -2.45. The molecule has 1 aromatic rings. The Kier molecular flexibility index (Phi) is 6.23. The Bertz CT molecular complexity index is 565. The predicted octanol–water partition coefficient (Wildman–Crippen LogP) is 2.05. The molecule has 2 heterocycles. The van der Waals surface area contributed by atoms with Gasteiger partial charge in [0.25, 0.3) is 0 Å². The molecule has 1 aliphatic heterocycles. The fraction of sp³-hybridized carbons (Fsp3) is 0.706. The van der Waals surface area contributed by atoms with Gasteiger partial charge >= 0.3 is 6.03 Å². The van der Waals surface area contributed by atoms with Crippen molar-refractivity contribution in [1.29, 1.82) is 0 Å². The summed E-state index contributed by atoms with van der Waals surface area (Å²) in [6.45, 7) is 10.6. The van der Waals surface area contributed by atoms with Crippen LogP contribution in [0, 0.1) is 13.8 Å². The average Bonchev–Trinajstić information content (AvgIpc) is 2.77. The average molecular weight is 336 g/mol. The monoisotopic (exact) mass is 336 g/mol. The second-order valence-corrected chi connectivity index (χ2v) is 6.48. The molecule has 0 unspecified atom stereocenters. The van der Waals surface area contributed by atoms with E-state index in [-0.39, 0.29) is 24.4 Å². The normalized spacial score (nSPS) is 16.9. The Labute approximate surface area is 143 Å². The number of hydrogen-bond acceptors (Lipinski definition) is 4. The first-order chi connectivity index (χ1) is 11.4. The third kappa shape index (κ3) is 4.27. The summed E-state index contributed by atoms with van der Waals surface area (Å²) in [4.78, 5) is 28.1. The number of amides is 3. The molecule has 1 fully saturated rings. The molecule has 1 aromatic heterocycles. The van der Waals surface area contributed by atoms with Crippen LogP contribution >= 0.6 is 0 Å². The van der Waals surface area contributed by atoms with Crippen molar-refractivity contribution in [3.8, 4) is 0 Å². The fourth-order valence-electron chi connectivity index (χ4n) is 3.25. The lowest BCUT2D eigenvalue weighted by Gasteiger charge is -2.22. The van der Waals surface area contributed by atoms with Gasteiger partial charge in [0.05, 0.1) is 5.69 Å². The third-order valence-corrected chi connectivity index (χ3v) is 4.46. The maximum absolute atomic E-state index is 12.4. The summed E-state index contributed by atoms with van der Waals surface area (Å²) in [7, 11) is 0. The highest BCUT2D eigenvalue weighted by molar-refractivity contribution is 5.84. The Morgan fingerprint density at radius 2 is 2.12 bits per heavy atom. The second kappa shape index (κ2) is 8.17. The zero-order valence-electron chi connectivity index (χ0n) is 15.1. The summed E-state index contributed by atoms with van der Waals surface area (Å²) in [6.07, 6.45) is 1.76. The van der Waals surface area contributed by atoms with Gasteiger partial charge in [0.1, 0.15) is 12.3 Å². The van der Waals surface area contributed by atoms with Gasteiger partial charge in [-0.15, -0.1) is 0 Å². The molecule has 134 valence electrons. The van der Waals surface area contributed by atoms with Crippen LogP contribution in [0.3, 0.4) is 0 Å². The lowest BCUT2D eigenvalue weighted by molar-refractivity contribution is -0.130. The van der Waals surface area contributed by atoms with E-state index in [9.17, 15) is 9.59 Å². The van der Waals surface area contributed by atoms with Gasteiger partial charge in [-0.25, -0.2) is 4.79 Å². The molecular formula is C17H28N4O3. The van der Waals surface area contributed by atoms with Crippen LogP contribution in [-0.4, -0.2) is 59.6 Å². The van der Waals surface area contributed by atoms with Crippen LogP contribution in [-0.2, 0) is 4.79 Å². The summed E-state index contributed by atoms with van der Waals surface area (Å²) in [5.74, 6) is 0.928. The zero-order valence-corrected chi connectivity index (χ0v) is 15.1. The second-order valence-electron chi connectivity index (χ2n) is 6.48. The number of carbonyl (C=O) groups is 2. The van der Waals surface area contributed by atoms with Gasteiger partial charge in [0, 0.05) is 37.7 Å². The minimum Gasteiger partial charge on any atom is -0.361 e. The Hall–Kier alpha value is -2.05. The molecule has 0 aromatic carbocycles. The topological polar surface area (TPSA) is 78.7 Å². The largest absolute Gasteiger partial charge is 0.361 e. The van der Waals surface area contributed by atoms with Crippen LogP contribution in [0.1, 0.15) is 49.6 Å². The zero-order chi connectivity index (χ0) is 17.7. The van der Waals surface area contributed by atoms with Crippen LogP contribution in [0.15, 0.2) is 4.52 Å². The summed E-state index contributed by atoms with van der Waals surface area (Å²) in [5, 5.41) is 6.89. The van der Waals surface area contributed by atoms with E-state index in [4.69, 9.17) is 4.52 Å². The maximum Gasteiger partial charge on any atom is 0.317 e. The number of rotatable bonds is 5. The number of hydrogen-bond donors (Lipinski definition) is 1. The standard InChI is InChI=1S/C17H28N4O3/c1-5-7-20-8-6-9-21(11-15(20)22)17(23)18-10-12(2)16-13(3)19-24-14(16)4/h12H,5-11H2,1-4H3,(H,18,23)/t12-/m1/s1. The highest BCUT2D eigenvalue weighted by Crippen LogP contribution is 2.22. The minimum atomic E-state index is -0.180. The highest BCUT2D eigenvalue weighted by Gasteiger charge is 2.25. The minimum absolute atomic E-state index is 0.0308. The molecule has 0 bridgehead atoms. The number of aromatic nitrogens is 1. The van der Waals surface area contributed by atoms with E-state index in [1.807, 2.05) is 25.7 Å². The number of urea groups is 1. The summed E-state index contributed by atoms with van der Waals surface area (Å²) < 4.78 is 5.18. The van der Waals surface area contributed by atoms with Gasteiger partial charge < -0.3 is 19.6 Å². The molecule has 7 heteroatoms. The third-order valence-electron chi connectivity index (χ3n) is 4.46. The van der Waals surface area contributed by atoms with Gasteiger partial charge in [0.2, 0.25) is 5.91 Å². The first kappa shape index (κ1) is 18.3. The van der Waals surface area contributed by atoms with Crippen molar-refractivity contribution in [2.24, 2.45) is 0 Å². The number of nitrogens with zero attached hydrogens (tertiary/aromatic N) is 3. The highest BCUT2D eigenvalue weighted by atomic mass is 16.5. The molecule has 0 aliphatic carbocycles. The smallest absolute Gasteiger partial charge is 0.317 e. The van der Waals surface area contributed by atoms with Crippen molar-refractivity contribution in [2.45, 2.75) is 46.5 Å². The van der Waals surface area contributed by atoms with Gasteiger partial charge in [-0.1, -0.05) is 19.0 Å². The Morgan fingerprint density at radius 1 is 1.38 bits per heavy atom. The van der Waals surface area contributed by atoms with E-state index in [0.29, 0.717) is 13.1 Å². The van der Waals surface area contributed by atoms with Crippen LogP contribution in [0.2, 0.25) is 0 Å².